The summed E-state index contributed by atoms with van der Waals surface area (Å²) in [7, 11) is 1.42. The van der Waals surface area contributed by atoms with Gasteiger partial charge in [-0.3, -0.25) is 0 Å². The number of hydrogen-bond acceptors (Lipinski definition) is 3. The zero-order chi connectivity index (χ0) is 13.1. The molecule has 3 nitrogen and oxygen atoms in total. The average Bonchev–Trinajstić information content (AvgIpc) is 2.41. The molecule has 2 rings (SSSR count). The van der Waals surface area contributed by atoms with Crippen LogP contribution in [0.5, 0.6) is 5.88 Å². The van der Waals surface area contributed by atoms with E-state index in [-0.39, 0.29) is 18.1 Å². The van der Waals surface area contributed by atoms with E-state index in [1.165, 1.54) is 31.5 Å². The van der Waals surface area contributed by atoms with Gasteiger partial charge in [-0.05, 0) is 12.1 Å². The van der Waals surface area contributed by atoms with Crippen LogP contribution >= 0.6 is 0 Å². The molecule has 1 aromatic carbocycles. The lowest BCUT2D eigenvalue weighted by Gasteiger charge is -2.08. The molecule has 2 aromatic rings. The van der Waals surface area contributed by atoms with Crippen molar-refractivity contribution in [2.24, 2.45) is 0 Å². The van der Waals surface area contributed by atoms with Crippen LogP contribution in [0, 0.1) is 11.6 Å². The van der Waals surface area contributed by atoms with Crippen molar-refractivity contribution in [2.75, 3.05) is 7.11 Å². The van der Waals surface area contributed by atoms with E-state index >= 15 is 0 Å². The van der Waals surface area contributed by atoms with Gasteiger partial charge in [0.05, 0.1) is 13.7 Å². The van der Waals surface area contributed by atoms with E-state index < -0.39 is 11.6 Å². The van der Waals surface area contributed by atoms with E-state index in [0.29, 0.717) is 11.1 Å². The molecule has 0 atom stereocenters. The molecule has 0 unspecified atom stereocenters. The van der Waals surface area contributed by atoms with Crippen LogP contribution in [0.2, 0.25) is 0 Å². The number of rotatable bonds is 3. The molecule has 1 N–H and O–H groups in total. The summed E-state index contributed by atoms with van der Waals surface area (Å²) in [6, 6.07) is 5.42. The molecule has 1 heterocycles. The first-order valence-electron chi connectivity index (χ1n) is 5.25. The number of methoxy groups -OCH3 is 1. The molecule has 0 bridgehead atoms. The SMILES string of the molecule is COc1ncc(-c2cccc(F)c2F)cc1CO. The standard InChI is InChI=1S/C13H11F2NO2/c1-18-13-9(7-17)5-8(6-16-13)10-3-2-4-11(14)12(10)15/h2-6,17H,7H2,1H3. The predicted octanol–water partition coefficient (Wildman–Crippen LogP) is 2.53. The second-order valence-electron chi connectivity index (χ2n) is 3.65. The molecule has 0 radical (unpaired) electrons. The molecule has 18 heavy (non-hydrogen) atoms. The van der Waals surface area contributed by atoms with Gasteiger partial charge in [0.25, 0.3) is 0 Å². The number of halogens is 2. The normalized spacial score (nSPS) is 10.4. The third-order valence-corrected chi connectivity index (χ3v) is 2.55. The first-order chi connectivity index (χ1) is 8.67. The third-order valence-electron chi connectivity index (χ3n) is 2.55. The summed E-state index contributed by atoms with van der Waals surface area (Å²) in [5.74, 6) is -1.60. The summed E-state index contributed by atoms with van der Waals surface area (Å²) in [5, 5.41) is 9.16. The summed E-state index contributed by atoms with van der Waals surface area (Å²) < 4.78 is 31.7. The lowest BCUT2D eigenvalue weighted by atomic mass is 10.1. The highest BCUT2D eigenvalue weighted by molar-refractivity contribution is 5.64. The fourth-order valence-electron chi connectivity index (χ4n) is 1.67. The van der Waals surface area contributed by atoms with Crippen molar-refractivity contribution in [2.45, 2.75) is 6.61 Å². The molecule has 0 saturated heterocycles. The maximum atomic E-state index is 13.6. The van der Waals surface area contributed by atoms with Crippen LogP contribution < -0.4 is 4.74 Å². The van der Waals surface area contributed by atoms with Gasteiger partial charge >= 0.3 is 0 Å². The zero-order valence-corrected chi connectivity index (χ0v) is 9.65. The second-order valence-corrected chi connectivity index (χ2v) is 3.65. The molecule has 94 valence electrons. The second kappa shape index (κ2) is 5.10. The Labute approximate surface area is 103 Å². The lowest BCUT2D eigenvalue weighted by molar-refractivity contribution is 0.271. The van der Waals surface area contributed by atoms with Crippen molar-refractivity contribution in [3.63, 3.8) is 0 Å². The number of benzene rings is 1. The van der Waals surface area contributed by atoms with Crippen LogP contribution in [-0.2, 0) is 6.61 Å². The van der Waals surface area contributed by atoms with E-state index in [4.69, 9.17) is 9.84 Å². The van der Waals surface area contributed by atoms with E-state index in [1.807, 2.05) is 0 Å². The number of aromatic nitrogens is 1. The average molecular weight is 251 g/mol. The maximum Gasteiger partial charge on any atom is 0.218 e. The van der Waals surface area contributed by atoms with Crippen LogP contribution in [0.25, 0.3) is 11.1 Å². The van der Waals surface area contributed by atoms with Crippen molar-refractivity contribution in [3.8, 4) is 17.0 Å². The van der Waals surface area contributed by atoms with E-state index in [2.05, 4.69) is 4.98 Å². The molecule has 0 aliphatic rings. The highest BCUT2D eigenvalue weighted by atomic mass is 19.2. The number of hydrogen-bond donors (Lipinski definition) is 1. The number of aliphatic hydroxyl groups excluding tert-OH is 1. The molecule has 0 saturated carbocycles. The number of nitrogens with zero attached hydrogens (tertiary/aromatic N) is 1. The van der Waals surface area contributed by atoms with Crippen LogP contribution in [0.1, 0.15) is 5.56 Å². The minimum absolute atomic E-state index is 0.0971. The van der Waals surface area contributed by atoms with Gasteiger partial charge in [-0.25, -0.2) is 13.8 Å². The largest absolute Gasteiger partial charge is 0.481 e. The number of aliphatic hydroxyl groups is 1. The Balaban J connectivity index is 2.54. The summed E-state index contributed by atoms with van der Waals surface area (Å²) in [6.45, 7) is -0.291. The molecule has 5 heteroatoms. The molecule has 0 aliphatic carbocycles. The van der Waals surface area contributed by atoms with Crippen molar-refractivity contribution in [1.82, 2.24) is 4.98 Å². The highest BCUT2D eigenvalue weighted by Crippen LogP contribution is 2.27. The Morgan fingerprint density at radius 3 is 2.78 bits per heavy atom. The lowest BCUT2D eigenvalue weighted by Crippen LogP contribution is -1.97. The fraction of sp³-hybridized carbons (Fsp3) is 0.154. The first-order valence-corrected chi connectivity index (χ1v) is 5.25. The molecular weight excluding hydrogens is 240 g/mol. The molecule has 0 aliphatic heterocycles. The molecule has 0 spiro atoms. The highest BCUT2D eigenvalue weighted by Gasteiger charge is 2.12. The summed E-state index contributed by atoms with van der Waals surface area (Å²) in [4.78, 5) is 3.94. The van der Waals surface area contributed by atoms with Gasteiger partial charge in [0.15, 0.2) is 11.6 Å². The molecule has 0 fully saturated rings. The maximum absolute atomic E-state index is 13.6. The molecule has 1 aromatic heterocycles. The minimum Gasteiger partial charge on any atom is -0.481 e. The number of ether oxygens (including phenoxy) is 1. The van der Waals surface area contributed by atoms with Crippen molar-refractivity contribution >= 4 is 0 Å². The van der Waals surface area contributed by atoms with Gasteiger partial charge in [-0.15, -0.1) is 0 Å². The number of pyridine rings is 1. The van der Waals surface area contributed by atoms with Crippen LogP contribution in [0.15, 0.2) is 30.5 Å². The van der Waals surface area contributed by atoms with E-state index in [9.17, 15) is 8.78 Å². The Morgan fingerprint density at radius 2 is 2.11 bits per heavy atom. The van der Waals surface area contributed by atoms with Crippen LogP contribution in [-0.4, -0.2) is 17.2 Å². The smallest absolute Gasteiger partial charge is 0.218 e. The van der Waals surface area contributed by atoms with Gasteiger partial charge in [0.1, 0.15) is 0 Å². The Morgan fingerprint density at radius 1 is 1.33 bits per heavy atom. The van der Waals surface area contributed by atoms with Crippen molar-refractivity contribution in [3.05, 3.63) is 47.7 Å². The van der Waals surface area contributed by atoms with Gasteiger partial charge in [0, 0.05) is 22.9 Å². The third kappa shape index (κ3) is 2.17. The van der Waals surface area contributed by atoms with Crippen molar-refractivity contribution < 1.29 is 18.6 Å². The summed E-state index contributed by atoms with van der Waals surface area (Å²) in [5.41, 5.74) is 0.898. The first kappa shape index (κ1) is 12.4. The Hall–Kier alpha value is -2.01. The molecule has 0 amide bonds. The topological polar surface area (TPSA) is 42.4 Å². The van der Waals surface area contributed by atoms with Gasteiger partial charge in [-0.1, -0.05) is 12.1 Å². The van der Waals surface area contributed by atoms with Gasteiger partial charge in [0.2, 0.25) is 5.88 Å². The van der Waals surface area contributed by atoms with E-state index in [1.54, 1.807) is 0 Å². The van der Waals surface area contributed by atoms with Crippen LogP contribution in [0.3, 0.4) is 0 Å². The Kier molecular flexibility index (Phi) is 3.53. The fourth-order valence-corrected chi connectivity index (χ4v) is 1.67. The van der Waals surface area contributed by atoms with Crippen LogP contribution in [0.4, 0.5) is 8.78 Å². The van der Waals surface area contributed by atoms with Gasteiger partial charge < -0.3 is 9.84 Å². The quantitative estimate of drug-likeness (QED) is 0.911. The Bertz CT molecular complexity index is 573. The minimum atomic E-state index is -0.937. The molecular formula is C13H11F2NO2. The van der Waals surface area contributed by atoms with Gasteiger partial charge in [-0.2, -0.15) is 0 Å². The summed E-state index contributed by atoms with van der Waals surface area (Å²) in [6.07, 6.45) is 1.37. The monoisotopic (exact) mass is 251 g/mol. The van der Waals surface area contributed by atoms with E-state index in [0.717, 1.165) is 6.07 Å². The van der Waals surface area contributed by atoms with Crippen molar-refractivity contribution in [1.29, 1.82) is 0 Å². The predicted molar refractivity (Wildman–Crippen MR) is 62.1 cm³/mol. The zero-order valence-electron chi connectivity index (χ0n) is 9.65. The summed E-state index contributed by atoms with van der Waals surface area (Å²) >= 11 is 0.